The average molecular weight is 253 g/mol. The Labute approximate surface area is 104 Å². The van der Waals surface area contributed by atoms with E-state index in [0.717, 1.165) is 12.2 Å². The lowest BCUT2D eigenvalue weighted by Gasteiger charge is -2.05. The van der Waals surface area contributed by atoms with E-state index in [-0.39, 0.29) is 0 Å². The summed E-state index contributed by atoms with van der Waals surface area (Å²) in [5.41, 5.74) is 2.28. The first kappa shape index (κ1) is 11.4. The third kappa shape index (κ3) is 2.54. The third-order valence-corrected chi connectivity index (χ3v) is 3.90. The van der Waals surface area contributed by atoms with Crippen molar-refractivity contribution in [2.45, 2.75) is 20.4 Å². The first-order chi connectivity index (χ1) is 7.66. The van der Waals surface area contributed by atoms with Crippen LogP contribution in [0.2, 0.25) is 5.02 Å². The lowest BCUT2D eigenvalue weighted by Crippen LogP contribution is -1.98. The zero-order chi connectivity index (χ0) is 11.5. The SMILES string of the molecule is Cc1cc(CNc2ccncc2Cl)sc1C. The molecule has 2 heterocycles. The highest BCUT2D eigenvalue weighted by Crippen LogP contribution is 2.24. The van der Waals surface area contributed by atoms with Crippen LogP contribution in [0.4, 0.5) is 5.69 Å². The first-order valence-corrected chi connectivity index (χ1v) is 6.25. The van der Waals surface area contributed by atoms with Crippen LogP contribution in [0.25, 0.3) is 0 Å². The van der Waals surface area contributed by atoms with Crippen molar-refractivity contribution in [3.63, 3.8) is 0 Å². The van der Waals surface area contributed by atoms with Gasteiger partial charge in [0.2, 0.25) is 0 Å². The molecule has 0 unspecified atom stereocenters. The van der Waals surface area contributed by atoms with Crippen molar-refractivity contribution in [2.24, 2.45) is 0 Å². The normalized spacial score (nSPS) is 10.4. The lowest BCUT2D eigenvalue weighted by molar-refractivity contribution is 1.18. The van der Waals surface area contributed by atoms with E-state index in [4.69, 9.17) is 11.6 Å². The monoisotopic (exact) mass is 252 g/mol. The lowest BCUT2D eigenvalue weighted by atomic mass is 10.3. The van der Waals surface area contributed by atoms with E-state index in [1.165, 1.54) is 15.3 Å². The summed E-state index contributed by atoms with van der Waals surface area (Å²) < 4.78 is 0. The summed E-state index contributed by atoms with van der Waals surface area (Å²) in [4.78, 5) is 6.64. The molecular formula is C12H13ClN2S. The molecule has 0 aliphatic rings. The quantitative estimate of drug-likeness (QED) is 0.892. The highest BCUT2D eigenvalue weighted by Gasteiger charge is 2.03. The predicted octanol–water partition coefficient (Wildman–Crippen LogP) is 4.03. The molecule has 0 aliphatic heterocycles. The Balaban J connectivity index is 2.05. The van der Waals surface area contributed by atoms with Crippen LogP contribution in [0, 0.1) is 13.8 Å². The zero-order valence-electron chi connectivity index (χ0n) is 9.25. The van der Waals surface area contributed by atoms with Gasteiger partial charge in [-0.15, -0.1) is 11.3 Å². The molecule has 84 valence electrons. The van der Waals surface area contributed by atoms with Crippen molar-refractivity contribution < 1.29 is 0 Å². The second-order valence-electron chi connectivity index (χ2n) is 3.66. The highest BCUT2D eigenvalue weighted by molar-refractivity contribution is 7.12. The van der Waals surface area contributed by atoms with Gasteiger partial charge in [0.25, 0.3) is 0 Å². The van der Waals surface area contributed by atoms with Crippen LogP contribution in [-0.4, -0.2) is 4.98 Å². The smallest absolute Gasteiger partial charge is 0.0820 e. The molecule has 0 spiro atoms. The fourth-order valence-electron chi connectivity index (χ4n) is 1.44. The molecule has 0 radical (unpaired) electrons. The van der Waals surface area contributed by atoms with Gasteiger partial charge in [-0.2, -0.15) is 0 Å². The van der Waals surface area contributed by atoms with Gasteiger partial charge >= 0.3 is 0 Å². The Hall–Kier alpha value is -1.06. The number of aryl methyl sites for hydroxylation is 2. The van der Waals surface area contributed by atoms with Crippen LogP contribution in [0.3, 0.4) is 0 Å². The van der Waals surface area contributed by atoms with Gasteiger partial charge in [0, 0.05) is 28.7 Å². The summed E-state index contributed by atoms with van der Waals surface area (Å²) >= 11 is 7.82. The van der Waals surface area contributed by atoms with Crippen molar-refractivity contribution in [2.75, 3.05) is 5.32 Å². The Bertz CT molecular complexity index is 474. The standard InChI is InChI=1S/C12H13ClN2S/c1-8-5-10(16-9(8)2)6-15-12-3-4-14-7-11(12)13/h3-5,7H,6H2,1-2H3,(H,14,15). The van der Waals surface area contributed by atoms with Crippen LogP contribution >= 0.6 is 22.9 Å². The van der Waals surface area contributed by atoms with E-state index in [1.807, 2.05) is 17.4 Å². The molecule has 2 nitrogen and oxygen atoms in total. The van der Waals surface area contributed by atoms with Crippen molar-refractivity contribution >= 4 is 28.6 Å². The van der Waals surface area contributed by atoms with Gasteiger partial charge in [-0.25, -0.2) is 0 Å². The number of aromatic nitrogens is 1. The van der Waals surface area contributed by atoms with Crippen LogP contribution in [0.15, 0.2) is 24.5 Å². The van der Waals surface area contributed by atoms with E-state index in [0.29, 0.717) is 5.02 Å². The van der Waals surface area contributed by atoms with E-state index in [9.17, 15) is 0 Å². The van der Waals surface area contributed by atoms with Crippen molar-refractivity contribution in [1.82, 2.24) is 4.98 Å². The van der Waals surface area contributed by atoms with Crippen molar-refractivity contribution in [3.05, 3.63) is 44.9 Å². The van der Waals surface area contributed by atoms with Crippen LogP contribution in [0.1, 0.15) is 15.3 Å². The number of anilines is 1. The molecule has 0 amide bonds. The summed E-state index contributed by atoms with van der Waals surface area (Å²) in [6.07, 6.45) is 3.38. The second-order valence-corrected chi connectivity index (χ2v) is 5.41. The number of pyridine rings is 1. The molecule has 0 bridgehead atoms. The minimum absolute atomic E-state index is 0.660. The fraction of sp³-hybridized carbons (Fsp3) is 0.250. The molecule has 4 heteroatoms. The predicted molar refractivity (Wildman–Crippen MR) is 70.4 cm³/mol. The summed E-state index contributed by atoms with van der Waals surface area (Å²) in [7, 11) is 0. The molecule has 1 N–H and O–H groups in total. The molecule has 0 fully saturated rings. The molecule has 0 aromatic carbocycles. The van der Waals surface area contributed by atoms with Crippen LogP contribution < -0.4 is 5.32 Å². The maximum absolute atomic E-state index is 6.01. The summed E-state index contributed by atoms with van der Waals surface area (Å²) in [5.74, 6) is 0. The maximum Gasteiger partial charge on any atom is 0.0820 e. The number of halogens is 1. The number of hydrogen-bond donors (Lipinski definition) is 1. The summed E-state index contributed by atoms with van der Waals surface area (Å²) in [6.45, 7) is 5.08. The zero-order valence-corrected chi connectivity index (χ0v) is 10.8. The van der Waals surface area contributed by atoms with Crippen LogP contribution in [0.5, 0.6) is 0 Å². The molecule has 2 rings (SSSR count). The average Bonchev–Trinajstić information content (AvgIpc) is 2.57. The number of hydrogen-bond acceptors (Lipinski definition) is 3. The summed E-state index contributed by atoms with van der Waals surface area (Å²) in [5, 5.41) is 3.97. The minimum Gasteiger partial charge on any atom is -0.379 e. The summed E-state index contributed by atoms with van der Waals surface area (Å²) in [6, 6.07) is 4.09. The Morgan fingerprint density at radius 1 is 1.44 bits per heavy atom. The third-order valence-electron chi connectivity index (χ3n) is 2.44. The number of nitrogens with zero attached hydrogens (tertiary/aromatic N) is 1. The molecule has 0 aliphatic carbocycles. The van der Waals surface area contributed by atoms with Gasteiger partial charge in [-0.3, -0.25) is 4.98 Å². The van der Waals surface area contributed by atoms with E-state index in [1.54, 1.807) is 12.4 Å². The highest BCUT2D eigenvalue weighted by atomic mass is 35.5. The Kier molecular flexibility index (Phi) is 3.46. The number of thiophene rings is 1. The van der Waals surface area contributed by atoms with Crippen molar-refractivity contribution in [1.29, 1.82) is 0 Å². The Morgan fingerprint density at radius 3 is 2.88 bits per heavy atom. The van der Waals surface area contributed by atoms with Gasteiger partial charge in [-0.05, 0) is 31.5 Å². The minimum atomic E-state index is 0.660. The van der Waals surface area contributed by atoms with E-state index < -0.39 is 0 Å². The number of rotatable bonds is 3. The molecular weight excluding hydrogens is 240 g/mol. The van der Waals surface area contributed by atoms with Gasteiger partial charge in [0.1, 0.15) is 0 Å². The van der Waals surface area contributed by atoms with Crippen molar-refractivity contribution in [3.8, 4) is 0 Å². The fourth-order valence-corrected chi connectivity index (χ4v) is 2.62. The molecule has 0 atom stereocenters. The van der Waals surface area contributed by atoms with E-state index >= 15 is 0 Å². The largest absolute Gasteiger partial charge is 0.379 e. The van der Waals surface area contributed by atoms with Gasteiger partial charge in [0.15, 0.2) is 0 Å². The van der Waals surface area contributed by atoms with E-state index in [2.05, 4.69) is 30.2 Å². The topological polar surface area (TPSA) is 24.9 Å². The van der Waals surface area contributed by atoms with Gasteiger partial charge in [-0.1, -0.05) is 11.6 Å². The first-order valence-electron chi connectivity index (χ1n) is 5.06. The molecule has 2 aromatic heterocycles. The second kappa shape index (κ2) is 4.85. The maximum atomic E-state index is 6.01. The molecule has 2 aromatic rings. The Morgan fingerprint density at radius 2 is 2.25 bits per heavy atom. The number of nitrogens with one attached hydrogen (secondary N) is 1. The van der Waals surface area contributed by atoms with Gasteiger partial charge < -0.3 is 5.32 Å². The molecule has 0 saturated heterocycles. The van der Waals surface area contributed by atoms with Crippen LogP contribution in [-0.2, 0) is 6.54 Å². The molecule has 16 heavy (non-hydrogen) atoms. The molecule has 0 saturated carbocycles. The van der Waals surface area contributed by atoms with Gasteiger partial charge in [0.05, 0.1) is 10.7 Å².